The maximum Gasteiger partial charge on any atom is 0.410 e. The number of likely N-dealkylation sites (tertiary alicyclic amines) is 1. The van der Waals surface area contributed by atoms with Gasteiger partial charge in [-0.05, 0) is 65.2 Å². The largest absolute Gasteiger partial charge is 0.444 e. The Balaban J connectivity index is 1.40. The molecule has 0 saturated carbocycles. The Morgan fingerprint density at radius 1 is 1.18 bits per heavy atom. The lowest BCUT2D eigenvalue weighted by atomic mass is 10.1. The Labute approximate surface area is 244 Å². The van der Waals surface area contributed by atoms with E-state index in [1.807, 2.05) is 45.6 Å². The van der Waals surface area contributed by atoms with Crippen LogP contribution in [-0.2, 0) is 9.53 Å². The molecular weight excluding hydrogens is 563 g/mol. The number of aryl methyl sites for hydroxylation is 1. The molecule has 2 aliphatic rings. The molecule has 4 rings (SSSR count). The van der Waals surface area contributed by atoms with E-state index >= 15 is 0 Å². The second kappa shape index (κ2) is 11.6. The molecule has 2 fully saturated rings. The molecule has 39 heavy (non-hydrogen) atoms. The van der Waals surface area contributed by atoms with E-state index in [0.29, 0.717) is 58.6 Å². The van der Waals surface area contributed by atoms with Crippen molar-refractivity contribution < 1.29 is 14.3 Å². The first-order valence-electron chi connectivity index (χ1n) is 13.0. The van der Waals surface area contributed by atoms with E-state index in [1.165, 1.54) is 0 Å². The predicted molar refractivity (Wildman–Crippen MR) is 155 cm³/mol. The number of carbonyl (C=O) groups is 2. The molecule has 0 bridgehead atoms. The van der Waals surface area contributed by atoms with Gasteiger partial charge < -0.3 is 19.9 Å². The molecule has 2 aliphatic heterocycles. The van der Waals surface area contributed by atoms with Gasteiger partial charge in [0.2, 0.25) is 11.9 Å². The molecule has 212 valence electrons. The number of benzene rings is 1. The molecule has 2 atom stereocenters. The third kappa shape index (κ3) is 6.64. The number of rotatable bonds is 6. The van der Waals surface area contributed by atoms with Crippen molar-refractivity contribution in [1.82, 2.24) is 19.8 Å². The average Bonchev–Trinajstić information content (AvgIpc) is 3.29. The van der Waals surface area contributed by atoms with Crippen LogP contribution in [0, 0.1) is 6.92 Å². The van der Waals surface area contributed by atoms with Crippen LogP contribution in [0.1, 0.15) is 57.8 Å². The number of amides is 2. The Kier molecular flexibility index (Phi) is 8.73. The van der Waals surface area contributed by atoms with E-state index in [2.05, 4.69) is 15.3 Å². The number of nitrogens with one attached hydrogen (secondary N) is 1. The van der Waals surface area contributed by atoms with Gasteiger partial charge in [-0.15, -0.1) is 0 Å². The molecule has 9 nitrogen and oxygen atoms in total. The monoisotopic (exact) mass is 596 g/mol. The summed E-state index contributed by atoms with van der Waals surface area (Å²) in [5.74, 6) is 0.957. The minimum absolute atomic E-state index is 0.0265. The lowest BCUT2D eigenvalue weighted by Gasteiger charge is -2.45. The number of hydrogen-bond acceptors (Lipinski definition) is 7. The molecule has 3 heterocycles. The second-order valence-corrected chi connectivity index (χ2v) is 12.4. The first-order chi connectivity index (χ1) is 18.2. The Morgan fingerprint density at radius 3 is 2.51 bits per heavy atom. The number of nitrogens with zero attached hydrogens (tertiary/aromatic N) is 5. The van der Waals surface area contributed by atoms with Crippen LogP contribution in [0.4, 0.5) is 16.6 Å². The van der Waals surface area contributed by atoms with Crippen LogP contribution in [0.25, 0.3) is 0 Å². The number of aromatic nitrogens is 2. The fraction of sp³-hybridized carbons (Fsp3) is 0.556. The number of halogens is 3. The van der Waals surface area contributed by atoms with Gasteiger partial charge in [0.05, 0.1) is 17.8 Å². The summed E-state index contributed by atoms with van der Waals surface area (Å²) in [6.07, 6.45) is 0.956. The van der Waals surface area contributed by atoms with Crippen LogP contribution in [0.15, 0.2) is 18.2 Å². The quantitative estimate of drug-likeness (QED) is 0.439. The molecule has 2 saturated heterocycles. The fourth-order valence-electron chi connectivity index (χ4n) is 4.76. The highest BCUT2D eigenvalue weighted by atomic mass is 35.5. The average molecular weight is 598 g/mol. The van der Waals surface area contributed by atoms with Crippen LogP contribution in [0.2, 0.25) is 15.1 Å². The molecule has 12 heteroatoms. The van der Waals surface area contributed by atoms with Gasteiger partial charge >= 0.3 is 6.09 Å². The van der Waals surface area contributed by atoms with Crippen molar-refractivity contribution in [2.75, 3.05) is 36.9 Å². The van der Waals surface area contributed by atoms with Gasteiger partial charge in [0, 0.05) is 36.7 Å². The van der Waals surface area contributed by atoms with Crippen molar-refractivity contribution in [2.24, 2.45) is 0 Å². The first-order valence-corrected chi connectivity index (χ1v) is 14.2. The summed E-state index contributed by atoms with van der Waals surface area (Å²) in [7, 11) is 1.79. The molecular formula is C27H35Cl3N6O3. The third-order valence-corrected chi connectivity index (χ3v) is 8.01. The zero-order chi connectivity index (χ0) is 28.6. The van der Waals surface area contributed by atoms with Crippen molar-refractivity contribution in [2.45, 2.75) is 71.2 Å². The van der Waals surface area contributed by atoms with Crippen molar-refractivity contribution in [3.8, 4) is 0 Å². The topological polar surface area (TPSA) is 90.9 Å². The number of ether oxygens (including phenoxy) is 1. The van der Waals surface area contributed by atoms with Crippen molar-refractivity contribution in [3.05, 3.63) is 44.5 Å². The number of carbonyl (C=O) groups excluding carboxylic acids is 2. The number of likely N-dealkylation sites (N-methyl/N-ethyl adjacent to an activating group) is 1. The molecule has 2 aromatic rings. The SMILES string of the molecule is Cc1nc(N2CC(N(C)C(=O)[C@H]3CCCN3C(=O)OC(C)(C)C)C2)nc(N[C@H](C)c2ccc(Cl)cc2Cl)c1Cl. The summed E-state index contributed by atoms with van der Waals surface area (Å²) in [5.41, 5.74) is 0.897. The molecule has 1 aromatic carbocycles. The molecule has 0 spiro atoms. The van der Waals surface area contributed by atoms with E-state index < -0.39 is 17.7 Å². The van der Waals surface area contributed by atoms with E-state index in [-0.39, 0.29) is 18.0 Å². The predicted octanol–water partition coefficient (Wildman–Crippen LogP) is 5.96. The van der Waals surface area contributed by atoms with Crippen LogP contribution in [0.5, 0.6) is 0 Å². The van der Waals surface area contributed by atoms with Gasteiger partial charge in [0.1, 0.15) is 16.7 Å². The van der Waals surface area contributed by atoms with Crippen LogP contribution in [-0.4, -0.2) is 76.1 Å². The minimum atomic E-state index is -0.614. The smallest absolute Gasteiger partial charge is 0.410 e. The minimum Gasteiger partial charge on any atom is -0.444 e. The first kappa shape index (κ1) is 29.5. The van der Waals surface area contributed by atoms with Crippen LogP contribution < -0.4 is 10.2 Å². The maximum absolute atomic E-state index is 13.3. The summed E-state index contributed by atoms with van der Waals surface area (Å²) in [4.78, 5) is 40.5. The zero-order valence-corrected chi connectivity index (χ0v) is 25.4. The van der Waals surface area contributed by atoms with Crippen molar-refractivity contribution in [3.63, 3.8) is 0 Å². The van der Waals surface area contributed by atoms with Gasteiger partial charge in [-0.3, -0.25) is 9.69 Å². The molecule has 0 unspecified atom stereocenters. The number of anilines is 2. The molecule has 0 aliphatic carbocycles. The van der Waals surface area contributed by atoms with Gasteiger partial charge in [-0.1, -0.05) is 40.9 Å². The summed E-state index contributed by atoms with van der Waals surface area (Å²) >= 11 is 19.0. The van der Waals surface area contributed by atoms with Crippen LogP contribution >= 0.6 is 34.8 Å². The van der Waals surface area contributed by atoms with E-state index in [4.69, 9.17) is 39.5 Å². The molecule has 1 aromatic heterocycles. The molecule has 1 N–H and O–H groups in total. The van der Waals surface area contributed by atoms with Crippen LogP contribution in [0.3, 0.4) is 0 Å². The Bertz CT molecular complexity index is 1250. The highest BCUT2D eigenvalue weighted by Crippen LogP contribution is 2.33. The Morgan fingerprint density at radius 2 is 1.87 bits per heavy atom. The zero-order valence-electron chi connectivity index (χ0n) is 23.1. The van der Waals surface area contributed by atoms with Gasteiger partial charge in [0.15, 0.2) is 5.82 Å². The normalized spacial score (nSPS) is 18.5. The Hall–Kier alpha value is -2.49. The summed E-state index contributed by atoms with van der Waals surface area (Å²) in [5, 5.41) is 4.89. The number of hydrogen-bond donors (Lipinski definition) is 1. The molecule has 2 amide bonds. The maximum atomic E-state index is 13.3. The van der Waals surface area contributed by atoms with E-state index in [9.17, 15) is 9.59 Å². The lowest BCUT2D eigenvalue weighted by molar-refractivity contribution is -0.137. The summed E-state index contributed by atoms with van der Waals surface area (Å²) in [6, 6.07) is 4.64. The summed E-state index contributed by atoms with van der Waals surface area (Å²) in [6.45, 7) is 10.9. The fourth-order valence-corrected chi connectivity index (χ4v) is 5.47. The van der Waals surface area contributed by atoms with Crippen molar-refractivity contribution in [1.29, 1.82) is 0 Å². The highest BCUT2D eigenvalue weighted by Gasteiger charge is 2.42. The highest BCUT2D eigenvalue weighted by molar-refractivity contribution is 6.35. The third-order valence-electron chi connectivity index (χ3n) is 6.99. The van der Waals surface area contributed by atoms with Gasteiger partial charge in [-0.2, -0.15) is 4.98 Å². The molecule has 0 radical (unpaired) electrons. The van der Waals surface area contributed by atoms with Gasteiger partial charge in [-0.25, -0.2) is 9.78 Å². The second-order valence-electron chi connectivity index (χ2n) is 11.1. The standard InChI is InChI=1S/C27H35Cl3N6O3/c1-15(19-10-9-17(28)12-20(19)29)31-23-22(30)16(2)32-25(33-23)35-13-18(14-35)34(6)24(37)21-8-7-11-36(21)26(38)39-27(3,4)5/h9-10,12,15,18,21H,7-8,11,13-14H2,1-6H3,(H,31,32,33)/t15-,21-/m1/s1. The van der Waals surface area contributed by atoms with Crippen molar-refractivity contribution >= 4 is 58.6 Å². The van der Waals surface area contributed by atoms with E-state index in [0.717, 1.165) is 12.0 Å². The van der Waals surface area contributed by atoms with Gasteiger partial charge in [0.25, 0.3) is 0 Å². The summed E-state index contributed by atoms with van der Waals surface area (Å²) < 4.78 is 5.52. The lowest BCUT2D eigenvalue weighted by Crippen LogP contribution is -2.62. The van der Waals surface area contributed by atoms with E-state index in [1.54, 1.807) is 29.0 Å².